The van der Waals surface area contributed by atoms with Crippen LogP contribution in [-0.2, 0) is 9.16 Å². The van der Waals surface area contributed by atoms with Crippen LogP contribution >= 0.6 is 0 Å². The van der Waals surface area contributed by atoms with Crippen molar-refractivity contribution in [2.24, 2.45) is 5.41 Å². The summed E-state index contributed by atoms with van der Waals surface area (Å²) in [4.78, 5) is 18.1. The zero-order valence-electron chi connectivity index (χ0n) is 28.3. The van der Waals surface area contributed by atoms with Gasteiger partial charge in [-0.05, 0) is 69.9 Å². The molecule has 1 saturated heterocycles. The van der Waals surface area contributed by atoms with Gasteiger partial charge < -0.3 is 24.5 Å². The molecule has 1 aromatic carbocycles. The number of rotatable bonds is 9. The van der Waals surface area contributed by atoms with Gasteiger partial charge in [-0.25, -0.2) is 14.5 Å². The number of fused-ring (bicyclic) bond motifs is 1. The predicted octanol–water partition coefficient (Wildman–Crippen LogP) is 8.00. The number of hydrogen-bond donors (Lipinski definition) is 2. The van der Waals surface area contributed by atoms with E-state index in [0.717, 1.165) is 23.8 Å². The molecule has 3 heterocycles. The Labute approximate surface area is 264 Å². The standard InChI is InChI=1S/C34H52N5O4Si/c1-22(2)39-31-27(21-35-39)29(38-32(40)36-25-15-17-41-18-16-25)20-28(37-31)24-13-12-14-26(19-24)42-30(33(4,5)6)23(3)43-44(10,11)34(7,8)9/h12-14,19-23,25,30H,3,15-18H2,1-2,4-11H3,(H2,36,37,38,40). The molecule has 2 amide bonds. The van der Waals surface area contributed by atoms with Gasteiger partial charge in [0.25, 0.3) is 0 Å². The average molecular weight is 623 g/mol. The minimum Gasteiger partial charge on any atom is -0.487 e. The number of nitrogens with zero attached hydrogens (tertiary/aromatic N) is 3. The number of carbonyl (C=O) groups is 1. The first kappa shape index (κ1) is 33.9. The Kier molecular flexibility index (Phi) is 10.2. The molecule has 0 aliphatic carbocycles. The second-order valence-corrected chi connectivity index (χ2v) is 19.6. The number of carbonyl (C=O) groups excluding carboxylic acids is 1. The van der Waals surface area contributed by atoms with Crippen molar-refractivity contribution in [3.05, 3.63) is 43.5 Å². The van der Waals surface area contributed by atoms with E-state index in [1.807, 2.05) is 35.0 Å². The minimum absolute atomic E-state index is 0.0611. The zero-order chi connectivity index (χ0) is 32.4. The average Bonchev–Trinajstić information content (AvgIpc) is 3.36. The van der Waals surface area contributed by atoms with Crippen molar-refractivity contribution in [1.82, 2.24) is 20.1 Å². The van der Waals surface area contributed by atoms with Gasteiger partial charge in [-0.3, -0.25) is 0 Å². The fraction of sp³-hybridized carbons (Fsp3) is 0.588. The molecule has 0 spiro atoms. The zero-order valence-corrected chi connectivity index (χ0v) is 29.3. The van der Waals surface area contributed by atoms with Crippen LogP contribution in [0.2, 0.25) is 18.1 Å². The lowest BCUT2D eigenvalue weighted by Crippen LogP contribution is -2.50. The van der Waals surface area contributed by atoms with E-state index in [4.69, 9.17) is 18.9 Å². The number of benzene rings is 1. The first-order valence-corrected chi connectivity index (χ1v) is 18.7. The van der Waals surface area contributed by atoms with E-state index in [9.17, 15) is 4.79 Å². The molecule has 1 fully saturated rings. The summed E-state index contributed by atoms with van der Waals surface area (Å²) in [6.07, 6.45) is 2.73. The fourth-order valence-corrected chi connectivity index (χ4v) is 6.37. The summed E-state index contributed by atoms with van der Waals surface area (Å²) in [5.74, 6) is 0.709. The van der Waals surface area contributed by atoms with Crippen LogP contribution in [0.1, 0.15) is 74.3 Å². The minimum atomic E-state index is -2.07. The third-order valence-electron chi connectivity index (χ3n) is 8.70. The normalized spacial score (nSPS) is 16.6. The number of urea groups is 1. The van der Waals surface area contributed by atoms with Gasteiger partial charge in [0.2, 0.25) is 0 Å². The smallest absolute Gasteiger partial charge is 0.319 e. The van der Waals surface area contributed by atoms with Crippen molar-refractivity contribution in [2.75, 3.05) is 18.5 Å². The van der Waals surface area contributed by atoms with Gasteiger partial charge in [-0.2, -0.15) is 5.10 Å². The number of anilines is 1. The third kappa shape index (κ3) is 8.00. The van der Waals surface area contributed by atoms with E-state index < -0.39 is 8.32 Å². The maximum Gasteiger partial charge on any atom is 0.319 e. The summed E-state index contributed by atoms with van der Waals surface area (Å²) < 4.78 is 20.7. The lowest BCUT2D eigenvalue weighted by Gasteiger charge is -2.43. The van der Waals surface area contributed by atoms with Gasteiger partial charge in [0, 0.05) is 36.3 Å². The Balaban J connectivity index is 1.65. The monoisotopic (exact) mass is 622 g/mol. The summed E-state index contributed by atoms with van der Waals surface area (Å²) in [5.41, 5.74) is 2.72. The van der Waals surface area contributed by atoms with Crippen molar-refractivity contribution in [1.29, 1.82) is 0 Å². The van der Waals surface area contributed by atoms with Crippen molar-refractivity contribution in [2.45, 2.75) is 111 Å². The molecule has 10 heteroatoms. The first-order valence-electron chi connectivity index (χ1n) is 15.8. The summed E-state index contributed by atoms with van der Waals surface area (Å²) in [7, 11) is -2.07. The van der Waals surface area contributed by atoms with Gasteiger partial charge in [-0.15, -0.1) is 0 Å². The van der Waals surface area contributed by atoms with Crippen molar-refractivity contribution in [3.63, 3.8) is 0 Å². The van der Waals surface area contributed by atoms with E-state index in [1.54, 1.807) is 6.20 Å². The van der Waals surface area contributed by atoms with Crippen LogP contribution in [0.5, 0.6) is 5.75 Å². The molecular weight excluding hydrogens is 570 g/mol. The third-order valence-corrected chi connectivity index (χ3v) is 13.2. The van der Waals surface area contributed by atoms with E-state index in [2.05, 4.69) is 91.1 Å². The molecule has 44 heavy (non-hydrogen) atoms. The maximum absolute atomic E-state index is 13.1. The van der Waals surface area contributed by atoms with Crippen LogP contribution in [0.3, 0.4) is 0 Å². The number of pyridine rings is 1. The van der Waals surface area contributed by atoms with Crippen LogP contribution in [0, 0.1) is 12.3 Å². The number of hydrogen-bond acceptors (Lipinski definition) is 6. The highest BCUT2D eigenvalue weighted by Crippen LogP contribution is 2.40. The highest BCUT2D eigenvalue weighted by molar-refractivity contribution is 6.74. The fourth-order valence-electron chi connectivity index (χ4n) is 5.14. The molecule has 1 radical (unpaired) electrons. The van der Waals surface area contributed by atoms with Crippen LogP contribution in [-0.4, -0.2) is 60.6 Å². The molecule has 4 rings (SSSR count). The van der Waals surface area contributed by atoms with Crippen LogP contribution in [0.4, 0.5) is 10.5 Å². The number of nitrogens with one attached hydrogen (secondary N) is 2. The van der Waals surface area contributed by atoms with Gasteiger partial charge in [0.15, 0.2) is 14.0 Å². The second kappa shape index (κ2) is 13.2. The summed E-state index contributed by atoms with van der Waals surface area (Å²) in [6.45, 7) is 27.5. The Morgan fingerprint density at radius 3 is 2.41 bits per heavy atom. The van der Waals surface area contributed by atoms with E-state index in [1.165, 1.54) is 0 Å². The number of amides is 2. The summed E-state index contributed by atoms with van der Waals surface area (Å²) in [6, 6.07) is 9.75. The summed E-state index contributed by atoms with van der Waals surface area (Å²) in [5, 5.41) is 11.6. The van der Waals surface area contributed by atoms with Gasteiger partial charge >= 0.3 is 6.03 Å². The Morgan fingerprint density at radius 2 is 1.80 bits per heavy atom. The molecular formula is C34H52N5O4Si. The molecule has 2 unspecified atom stereocenters. The van der Waals surface area contributed by atoms with E-state index in [0.29, 0.717) is 36.0 Å². The molecule has 2 N–H and O–H groups in total. The first-order chi connectivity index (χ1) is 20.5. The quantitative estimate of drug-likeness (QED) is 0.235. The van der Waals surface area contributed by atoms with Crippen molar-refractivity contribution < 1.29 is 18.7 Å². The molecule has 0 saturated carbocycles. The number of ether oxygens (including phenoxy) is 2. The largest absolute Gasteiger partial charge is 0.487 e. The predicted molar refractivity (Wildman–Crippen MR) is 181 cm³/mol. The van der Waals surface area contributed by atoms with E-state index >= 15 is 0 Å². The van der Waals surface area contributed by atoms with Gasteiger partial charge in [0.05, 0.1) is 29.1 Å². The lowest BCUT2D eigenvalue weighted by atomic mass is 9.86. The SMILES string of the molecule is [CH2]C(O[Si](C)(C)C(C)(C)C)C(Oc1cccc(-c2cc(NC(=O)NC3CCOCC3)c3cnn(C(C)C)c3n2)c1)C(C)(C)C. The maximum atomic E-state index is 13.1. The van der Waals surface area contributed by atoms with Crippen LogP contribution in [0.25, 0.3) is 22.3 Å². The molecule has 2 aromatic heterocycles. The van der Waals surface area contributed by atoms with E-state index in [-0.39, 0.29) is 40.8 Å². The molecule has 3 aromatic rings. The Morgan fingerprint density at radius 1 is 1.11 bits per heavy atom. The Bertz CT molecular complexity index is 1430. The van der Waals surface area contributed by atoms with Gasteiger partial charge in [-0.1, -0.05) is 53.7 Å². The van der Waals surface area contributed by atoms with Crippen molar-refractivity contribution >= 4 is 31.1 Å². The second-order valence-electron chi connectivity index (χ2n) is 14.8. The molecule has 1 aliphatic heterocycles. The van der Waals surface area contributed by atoms with Crippen LogP contribution < -0.4 is 15.4 Å². The lowest BCUT2D eigenvalue weighted by molar-refractivity contribution is 0.000981. The molecule has 241 valence electrons. The molecule has 1 aliphatic rings. The Hall–Kier alpha value is -2.95. The highest BCUT2D eigenvalue weighted by Gasteiger charge is 2.42. The molecule has 2 atom stereocenters. The molecule has 0 bridgehead atoms. The van der Waals surface area contributed by atoms with Crippen LogP contribution in [0.15, 0.2) is 36.5 Å². The highest BCUT2D eigenvalue weighted by atomic mass is 28.4. The van der Waals surface area contributed by atoms with Crippen molar-refractivity contribution in [3.8, 4) is 17.0 Å². The summed E-state index contributed by atoms with van der Waals surface area (Å²) >= 11 is 0. The number of aromatic nitrogens is 3. The topological polar surface area (TPSA) is 99.5 Å². The molecule has 9 nitrogen and oxygen atoms in total. The van der Waals surface area contributed by atoms with Gasteiger partial charge in [0.1, 0.15) is 11.9 Å².